The fourth-order valence-electron chi connectivity index (χ4n) is 3.63. The zero-order chi connectivity index (χ0) is 25.0. The molecule has 0 aliphatic carbocycles. The average molecular weight is 709 g/mol. The van der Waals surface area contributed by atoms with E-state index in [-0.39, 0.29) is 0 Å². The van der Waals surface area contributed by atoms with E-state index < -0.39 is 7.60 Å². The molecule has 0 aliphatic rings. The first-order chi connectivity index (χ1) is 16.4. The molecule has 7 heteroatoms. The molecule has 188 valence electrons. The summed E-state index contributed by atoms with van der Waals surface area (Å²) in [5.41, 5.74) is 4.63. The van der Waals surface area contributed by atoms with Gasteiger partial charge < -0.3 is 13.9 Å². The number of rotatable bonds is 15. The van der Waals surface area contributed by atoms with Gasteiger partial charge in [-0.15, -0.1) is 0 Å². The first kappa shape index (κ1) is 29.8. The Morgan fingerprint density at radius 2 is 1.44 bits per heavy atom. The van der Waals surface area contributed by atoms with Crippen molar-refractivity contribution < 1.29 is 13.6 Å². The molecule has 2 rings (SSSR count). The smallest absolute Gasteiger partial charge is 0.335 e. The number of nitrogens with zero attached hydrogens (tertiary/aromatic N) is 1. The minimum absolute atomic E-state index is 0.293. The van der Waals surface area contributed by atoms with Crippen LogP contribution in [0.25, 0.3) is 12.2 Å². The van der Waals surface area contributed by atoms with Gasteiger partial charge in [-0.3, -0.25) is 4.57 Å². The molecular formula is C27H38I2NO3P. The summed E-state index contributed by atoms with van der Waals surface area (Å²) in [6.45, 7) is 11.2. The molecule has 0 unspecified atom stereocenters. The summed E-state index contributed by atoms with van der Waals surface area (Å²) >= 11 is 4.66. The Labute approximate surface area is 233 Å². The van der Waals surface area contributed by atoms with Gasteiger partial charge in [0.2, 0.25) is 0 Å². The molecule has 0 saturated carbocycles. The van der Waals surface area contributed by atoms with Crippen molar-refractivity contribution in [2.45, 2.75) is 59.5 Å². The largest absolute Gasteiger partial charge is 0.372 e. The van der Waals surface area contributed by atoms with Crippen LogP contribution in [-0.4, -0.2) is 26.3 Å². The Morgan fingerprint density at radius 3 is 1.97 bits per heavy atom. The van der Waals surface area contributed by atoms with E-state index in [1.165, 1.54) is 36.9 Å². The van der Waals surface area contributed by atoms with Crippen molar-refractivity contribution in [3.8, 4) is 0 Å². The van der Waals surface area contributed by atoms with Crippen molar-refractivity contribution in [1.82, 2.24) is 0 Å². The molecule has 0 radical (unpaired) electrons. The SMILES string of the molecule is CCCCN(CCCC)c1ccc(/C=C/c2cc(I)c(CP(=O)(OCC)OCC)cc2I)cc1. The van der Waals surface area contributed by atoms with Crippen LogP contribution < -0.4 is 4.90 Å². The summed E-state index contributed by atoms with van der Waals surface area (Å²) in [5, 5.41) is 0. The number of halogens is 2. The van der Waals surface area contributed by atoms with E-state index in [1.54, 1.807) is 0 Å². The van der Waals surface area contributed by atoms with Crippen LogP contribution in [0.3, 0.4) is 0 Å². The zero-order valence-corrected chi connectivity index (χ0v) is 26.1. The summed E-state index contributed by atoms with van der Waals surface area (Å²) in [4.78, 5) is 2.51. The quantitative estimate of drug-likeness (QED) is 0.105. The molecule has 34 heavy (non-hydrogen) atoms. The molecule has 0 atom stereocenters. The van der Waals surface area contributed by atoms with Gasteiger partial charge in [0.25, 0.3) is 0 Å². The molecule has 0 heterocycles. The number of unbranched alkanes of at least 4 members (excludes halogenated alkanes) is 2. The molecule has 0 fully saturated rings. The van der Waals surface area contributed by atoms with Crippen LogP contribution in [0.15, 0.2) is 36.4 Å². The molecule has 0 amide bonds. The fourth-order valence-corrected chi connectivity index (χ4v) is 7.05. The number of hydrogen-bond donors (Lipinski definition) is 0. The van der Waals surface area contributed by atoms with Crippen LogP contribution in [-0.2, 0) is 19.8 Å². The molecule has 2 aromatic carbocycles. The second-order valence-electron chi connectivity index (χ2n) is 8.19. The van der Waals surface area contributed by atoms with Crippen LogP contribution in [0.4, 0.5) is 5.69 Å². The zero-order valence-electron chi connectivity index (χ0n) is 20.9. The van der Waals surface area contributed by atoms with Crippen molar-refractivity contribution in [3.63, 3.8) is 0 Å². The molecule has 0 aliphatic heterocycles. The van der Waals surface area contributed by atoms with Gasteiger partial charge >= 0.3 is 7.60 Å². The Hall–Kier alpha value is -0.410. The van der Waals surface area contributed by atoms with Crippen LogP contribution in [0.1, 0.15) is 70.1 Å². The van der Waals surface area contributed by atoms with Crippen LogP contribution >= 0.6 is 52.8 Å². The summed E-state index contributed by atoms with van der Waals surface area (Å²) < 4.78 is 26.1. The van der Waals surface area contributed by atoms with E-state index in [9.17, 15) is 4.57 Å². The topological polar surface area (TPSA) is 38.8 Å². The number of hydrogen-bond acceptors (Lipinski definition) is 4. The van der Waals surface area contributed by atoms with Gasteiger partial charge in [0.1, 0.15) is 0 Å². The highest BCUT2D eigenvalue weighted by Crippen LogP contribution is 2.52. The lowest BCUT2D eigenvalue weighted by Crippen LogP contribution is -2.25. The summed E-state index contributed by atoms with van der Waals surface area (Å²) in [7, 11) is -3.12. The van der Waals surface area contributed by atoms with Crippen LogP contribution in [0, 0.1) is 7.14 Å². The highest BCUT2D eigenvalue weighted by molar-refractivity contribution is 14.1. The first-order valence-electron chi connectivity index (χ1n) is 12.2. The van der Waals surface area contributed by atoms with Crippen LogP contribution in [0.5, 0.6) is 0 Å². The Kier molecular flexibility index (Phi) is 13.7. The van der Waals surface area contributed by atoms with E-state index in [0.717, 1.165) is 31.4 Å². The molecular weight excluding hydrogens is 671 g/mol. The molecule has 0 saturated heterocycles. The molecule has 0 bridgehead atoms. The van der Waals surface area contributed by atoms with Gasteiger partial charge in [0, 0.05) is 25.9 Å². The fraction of sp³-hybridized carbons (Fsp3) is 0.481. The highest BCUT2D eigenvalue weighted by atomic mass is 127. The maximum absolute atomic E-state index is 13.0. The minimum Gasteiger partial charge on any atom is -0.372 e. The molecule has 4 nitrogen and oxygen atoms in total. The molecule has 0 N–H and O–H groups in total. The monoisotopic (exact) mass is 709 g/mol. The number of anilines is 1. The van der Waals surface area contributed by atoms with E-state index in [4.69, 9.17) is 9.05 Å². The Bertz CT molecular complexity index is 945. The summed E-state index contributed by atoms with van der Waals surface area (Å²) in [6, 6.07) is 13.1. The summed E-state index contributed by atoms with van der Waals surface area (Å²) in [5.74, 6) is 0. The minimum atomic E-state index is -3.12. The van der Waals surface area contributed by atoms with Crippen molar-refractivity contribution >= 4 is 70.6 Å². The molecule has 2 aromatic rings. The van der Waals surface area contributed by atoms with Gasteiger partial charge in [-0.05, 0) is 113 Å². The third kappa shape index (κ3) is 9.57. The van der Waals surface area contributed by atoms with Crippen molar-refractivity contribution in [1.29, 1.82) is 0 Å². The van der Waals surface area contributed by atoms with Crippen LogP contribution in [0.2, 0.25) is 0 Å². The number of benzene rings is 2. The van der Waals surface area contributed by atoms with Gasteiger partial charge in [-0.1, -0.05) is 51.0 Å². The lowest BCUT2D eigenvalue weighted by Gasteiger charge is -2.24. The maximum Gasteiger partial charge on any atom is 0.335 e. The predicted octanol–water partition coefficient (Wildman–Crippen LogP) is 9.24. The highest BCUT2D eigenvalue weighted by Gasteiger charge is 2.25. The third-order valence-electron chi connectivity index (χ3n) is 5.46. The normalized spacial score (nSPS) is 11.9. The second kappa shape index (κ2) is 15.6. The second-order valence-corrected chi connectivity index (χ2v) is 12.6. The van der Waals surface area contributed by atoms with E-state index in [0.29, 0.717) is 19.4 Å². The van der Waals surface area contributed by atoms with Gasteiger partial charge in [-0.25, -0.2) is 0 Å². The summed E-state index contributed by atoms with van der Waals surface area (Å²) in [6.07, 6.45) is 9.49. The van der Waals surface area contributed by atoms with Crippen molar-refractivity contribution in [3.05, 3.63) is 60.2 Å². The van der Waals surface area contributed by atoms with Gasteiger partial charge in [0.05, 0.1) is 19.4 Å². The average Bonchev–Trinajstić information content (AvgIpc) is 2.81. The Balaban J connectivity index is 2.15. The van der Waals surface area contributed by atoms with E-state index in [2.05, 4.69) is 112 Å². The lowest BCUT2D eigenvalue weighted by molar-refractivity contribution is 0.219. The first-order valence-corrected chi connectivity index (χ1v) is 16.1. The predicted molar refractivity (Wildman–Crippen MR) is 164 cm³/mol. The van der Waals surface area contributed by atoms with Crippen molar-refractivity contribution in [2.75, 3.05) is 31.2 Å². The molecule has 0 spiro atoms. The third-order valence-corrected chi connectivity index (χ3v) is 9.43. The van der Waals surface area contributed by atoms with Gasteiger partial charge in [-0.2, -0.15) is 0 Å². The molecule has 0 aromatic heterocycles. The maximum atomic E-state index is 13.0. The van der Waals surface area contributed by atoms with Gasteiger partial charge in [0.15, 0.2) is 0 Å². The lowest BCUT2D eigenvalue weighted by atomic mass is 10.1. The Morgan fingerprint density at radius 1 is 0.853 bits per heavy atom. The van der Waals surface area contributed by atoms with E-state index in [1.807, 2.05) is 13.8 Å². The standard InChI is InChI=1S/C27H38I2NO3P/c1-5-9-17-30(18-10-6-2)25-15-12-22(13-16-25)11-14-23-19-27(29)24(20-26(23)28)21-34(31,32-7-3)33-8-4/h11-16,19-20H,5-10,17-18,21H2,1-4H3/b14-11+. The van der Waals surface area contributed by atoms with Crippen molar-refractivity contribution in [2.24, 2.45) is 0 Å². The van der Waals surface area contributed by atoms with E-state index >= 15 is 0 Å².